The Hall–Kier alpha value is -1.89. The molecule has 0 bridgehead atoms. The fraction of sp³-hybridized carbons (Fsp3) is 0.429. The van der Waals surface area contributed by atoms with E-state index in [4.69, 9.17) is 4.52 Å². The first-order valence-electron chi connectivity index (χ1n) is 6.66. The van der Waals surface area contributed by atoms with E-state index in [1.54, 1.807) is 0 Å². The van der Waals surface area contributed by atoms with Crippen LogP contribution in [0.3, 0.4) is 0 Å². The fourth-order valence-electron chi connectivity index (χ4n) is 1.93. The van der Waals surface area contributed by atoms with Crippen LogP contribution in [0.4, 0.5) is 13.2 Å². The normalized spacial score (nSPS) is 14.2. The second-order valence-corrected chi connectivity index (χ2v) is 4.85. The topological polar surface area (TPSA) is 51.0 Å². The monoisotopic (exact) mass is 299 g/mol. The summed E-state index contributed by atoms with van der Waals surface area (Å²) in [7, 11) is 0. The van der Waals surface area contributed by atoms with Gasteiger partial charge in [0.25, 0.3) is 0 Å². The highest BCUT2D eigenvalue weighted by Crippen LogP contribution is 2.24. The van der Waals surface area contributed by atoms with Crippen molar-refractivity contribution in [2.45, 2.75) is 32.7 Å². The molecular weight excluding hydrogens is 283 g/mol. The molecule has 2 rings (SSSR count). The lowest BCUT2D eigenvalue weighted by Gasteiger charge is -2.16. The van der Waals surface area contributed by atoms with Crippen molar-refractivity contribution in [2.75, 3.05) is 6.54 Å². The molecule has 4 nitrogen and oxygen atoms in total. The van der Waals surface area contributed by atoms with Crippen LogP contribution >= 0.6 is 0 Å². The maximum atomic E-state index is 13.2. The molecule has 2 unspecified atom stereocenters. The average molecular weight is 299 g/mol. The minimum absolute atomic E-state index is 0.0262. The molecule has 1 aromatic carbocycles. The summed E-state index contributed by atoms with van der Waals surface area (Å²) in [4.78, 5) is 4.12. The highest BCUT2D eigenvalue weighted by atomic mass is 19.2. The quantitative estimate of drug-likeness (QED) is 0.861. The highest BCUT2D eigenvalue weighted by Gasteiger charge is 2.21. The zero-order valence-corrected chi connectivity index (χ0v) is 12.0. The predicted molar refractivity (Wildman–Crippen MR) is 71.2 cm³/mol. The van der Waals surface area contributed by atoms with Crippen LogP contribution in [0.15, 0.2) is 16.7 Å². The van der Waals surface area contributed by atoms with Gasteiger partial charge in [-0.3, -0.25) is 0 Å². The van der Waals surface area contributed by atoms with Crippen LogP contribution in [0, 0.1) is 17.5 Å². The molecule has 7 heteroatoms. The van der Waals surface area contributed by atoms with E-state index in [1.165, 1.54) is 0 Å². The summed E-state index contributed by atoms with van der Waals surface area (Å²) >= 11 is 0. The van der Waals surface area contributed by atoms with Crippen LogP contribution in [0.2, 0.25) is 0 Å². The first kappa shape index (κ1) is 15.5. The second-order valence-electron chi connectivity index (χ2n) is 4.85. The van der Waals surface area contributed by atoms with Crippen LogP contribution in [0.5, 0.6) is 0 Å². The van der Waals surface area contributed by atoms with Crippen molar-refractivity contribution in [3.8, 4) is 11.4 Å². The van der Waals surface area contributed by atoms with Gasteiger partial charge < -0.3 is 9.84 Å². The van der Waals surface area contributed by atoms with Crippen LogP contribution in [0.1, 0.15) is 32.6 Å². The van der Waals surface area contributed by atoms with Crippen molar-refractivity contribution in [1.82, 2.24) is 15.5 Å². The summed E-state index contributed by atoms with van der Waals surface area (Å²) < 4.78 is 44.5. The smallest absolute Gasteiger partial charge is 0.231 e. The van der Waals surface area contributed by atoms with Gasteiger partial charge in [-0.1, -0.05) is 19.0 Å². The Morgan fingerprint density at radius 2 is 1.81 bits per heavy atom. The number of nitrogens with one attached hydrogen (secondary N) is 1. The first-order valence-corrected chi connectivity index (χ1v) is 6.66. The molecule has 0 aliphatic heterocycles. The molecule has 1 aromatic heterocycles. The molecule has 0 aliphatic carbocycles. The lowest BCUT2D eigenvalue weighted by Crippen LogP contribution is -2.30. The fourth-order valence-corrected chi connectivity index (χ4v) is 1.93. The molecule has 2 aromatic rings. The Morgan fingerprint density at radius 3 is 2.38 bits per heavy atom. The molecule has 1 heterocycles. The van der Waals surface area contributed by atoms with Gasteiger partial charge in [0.2, 0.25) is 11.7 Å². The number of hydrogen-bond donors (Lipinski definition) is 1. The van der Waals surface area contributed by atoms with Gasteiger partial charge in [0.05, 0.1) is 5.92 Å². The molecule has 114 valence electrons. The van der Waals surface area contributed by atoms with E-state index in [0.717, 1.165) is 18.7 Å². The summed E-state index contributed by atoms with van der Waals surface area (Å²) in [5.74, 6) is -3.78. The Labute approximate surface area is 120 Å². The summed E-state index contributed by atoms with van der Waals surface area (Å²) in [5.41, 5.74) is 0.0321. The number of aromatic nitrogens is 2. The van der Waals surface area contributed by atoms with E-state index in [9.17, 15) is 13.2 Å². The van der Waals surface area contributed by atoms with Crippen molar-refractivity contribution < 1.29 is 17.7 Å². The minimum Gasteiger partial charge on any atom is -0.339 e. The molecule has 1 N–H and O–H groups in total. The van der Waals surface area contributed by atoms with Gasteiger partial charge in [0.15, 0.2) is 17.5 Å². The Balaban J connectivity index is 2.28. The van der Waals surface area contributed by atoms with Gasteiger partial charge in [0.1, 0.15) is 0 Å². The van der Waals surface area contributed by atoms with Gasteiger partial charge in [-0.2, -0.15) is 4.98 Å². The van der Waals surface area contributed by atoms with Crippen molar-refractivity contribution in [3.63, 3.8) is 0 Å². The summed E-state index contributed by atoms with van der Waals surface area (Å²) in [6, 6.07) is 1.78. The van der Waals surface area contributed by atoms with Gasteiger partial charge >= 0.3 is 0 Å². The van der Waals surface area contributed by atoms with Crippen molar-refractivity contribution in [3.05, 3.63) is 35.5 Å². The highest BCUT2D eigenvalue weighted by molar-refractivity contribution is 5.54. The summed E-state index contributed by atoms with van der Waals surface area (Å²) in [6.07, 6.45) is 0. The third-order valence-electron chi connectivity index (χ3n) is 3.35. The van der Waals surface area contributed by atoms with Crippen LogP contribution in [0.25, 0.3) is 11.4 Å². The lowest BCUT2D eigenvalue weighted by atomic mass is 10.0. The SMILES string of the molecule is CCNC(C)C(C)c1nc(-c2cc(F)c(F)c(F)c2)no1. The lowest BCUT2D eigenvalue weighted by molar-refractivity contribution is 0.332. The third kappa shape index (κ3) is 3.24. The summed E-state index contributed by atoms with van der Waals surface area (Å²) in [5, 5.41) is 6.91. The number of halogens is 3. The molecule has 0 aliphatic rings. The number of benzene rings is 1. The molecule has 0 saturated heterocycles. The maximum absolute atomic E-state index is 13.2. The van der Waals surface area contributed by atoms with Gasteiger partial charge in [-0.25, -0.2) is 13.2 Å². The standard InChI is InChI=1S/C14H16F3N3O/c1-4-18-8(3)7(2)14-19-13(20-21-14)9-5-10(15)12(17)11(16)6-9/h5-8,18H,4H2,1-3H3. The molecular formula is C14H16F3N3O. The first-order chi connectivity index (χ1) is 9.93. The van der Waals surface area contributed by atoms with Crippen molar-refractivity contribution in [1.29, 1.82) is 0 Å². The van der Waals surface area contributed by atoms with E-state index >= 15 is 0 Å². The zero-order valence-electron chi connectivity index (χ0n) is 12.0. The Kier molecular flexibility index (Phi) is 4.62. The summed E-state index contributed by atoms with van der Waals surface area (Å²) in [6.45, 7) is 6.64. The number of hydrogen-bond acceptors (Lipinski definition) is 4. The number of rotatable bonds is 5. The van der Waals surface area contributed by atoms with Gasteiger partial charge in [-0.15, -0.1) is 0 Å². The van der Waals surface area contributed by atoms with Crippen LogP contribution < -0.4 is 5.32 Å². The average Bonchev–Trinajstić information content (AvgIpc) is 2.93. The third-order valence-corrected chi connectivity index (χ3v) is 3.35. The second kappa shape index (κ2) is 6.26. The molecule has 0 fully saturated rings. The zero-order chi connectivity index (χ0) is 15.6. The Bertz CT molecular complexity index is 607. The molecule has 2 atom stereocenters. The molecule has 0 radical (unpaired) electrons. The number of likely N-dealkylation sites (N-methyl/N-ethyl adjacent to an activating group) is 1. The largest absolute Gasteiger partial charge is 0.339 e. The van der Waals surface area contributed by atoms with Gasteiger partial charge in [-0.05, 0) is 25.6 Å². The molecule has 21 heavy (non-hydrogen) atoms. The maximum Gasteiger partial charge on any atom is 0.231 e. The predicted octanol–water partition coefficient (Wildman–Crippen LogP) is 3.26. The van der Waals surface area contributed by atoms with Gasteiger partial charge in [0, 0.05) is 11.6 Å². The van der Waals surface area contributed by atoms with Crippen molar-refractivity contribution in [2.24, 2.45) is 0 Å². The van der Waals surface area contributed by atoms with Crippen LogP contribution in [-0.4, -0.2) is 22.7 Å². The molecule has 0 saturated carbocycles. The van der Waals surface area contributed by atoms with E-state index in [1.807, 2.05) is 20.8 Å². The van der Waals surface area contributed by atoms with Crippen LogP contribution in [-0.2, 0) is 0 Å². The van der Waals surface area contributed by atoms with E-state index < -0.39 is 17.5 Å². The molecule has 0 amide bonds. The molecule has 0 spiro atoms. The van der Waals surface area contributed by atoms with Crippen molar-refractivity contribution >= 4 is 0 Å². The van der Waals surface area contributed by atoms with E-state index in [2.05, 4.69) is 15.5 Å². The minimum atomic E-state index is -1.52. The van der Waals surface area contributed by atoms with E-state index in [0.29, 0.717) is 5.89 Å². The van der Waals surface area contributed by atoms with E-state index in [-0.39, 0.29) is 23.3 Å². The Morgan fingerprint density at radius 1 is 1.19 bits per heavy atom. The number of nitrogens with zero attached hydrogens (tertiary/aromatic N) is 2.